The van der Waals surface area contributed by atoms with E-state index in [1.165, 1.54) is 17.2 Å². The smallest absolute Gasteiger partial charge is 0.381 e. The van der Waals surface area contributed by atoms with Gasteiger partial charge in [-0.15, -0.1) is 0 Å². The molecule has 0 atom stereocenters. The number of hydrogen-bond donors (Lipinski definition) is 1. The quantitative estimate of drug-likeness (QED) is 0.743. The van der Waals surface area contributed by atoms with E-state index in [9.17, 15) is 13.2 Å². The van der Waals surface area contributed by atoms with Gasteiger partial charge in [0.25, 0.3) is 0 Å². The van der Waals surface area contributed by atoms with Crippen LogP contribution in [-0.2, 0) is 12.7 Å². The van der Waals surface area contributed by atoms with Crippen LogP contribution in [0.3, 0.4) is 0 Å². The van der Waals surface area contributed by atoms with Crippen molar-refractivity contribution in [3.63, 3.8) is 0 Å². The molecular weight excluding hydrogens is 343 g/mol. The molecule has 0 saturated carbocycles. The van der Waals surface area contributed by atoms with E-state index in [0.29, 0.717) is 12.2 Å². The standard InChI is InChI=1S/C16H15BrF3N/c1-10-3-4-12(7-11(10)2)9-21-13-5-6-15(17)14(8-13)16(18,19)20/h3-8,21H,9H2,1-2H3. The highest BCUT2D eigenvalue weighted by molar-refractivity contribution is 9.10. The van der Waals surface area contributed by atoms with Crippen LogP contribution in [0.1, 0.15) is 22.3 Å². The molecule has 0 spiro atoms. The molecule has 0 aliphatic heterocycles. The molecular formula is C16H15BrF3N. The van der Waals surface area contributed by atoms with E-state index in [1.54, 1.807) is 6.07 Å². The maximum atomic E-state index is 12.8. The van der Waals surface area contributed by atoms with Gasteiger partial charge in [0.15, 0.2) is 0 Å². The maximum absolute atomic E-state index is 12.8. The van der Waals surface area contributed by atoms with Crippen molar-refractivity contribution in [1.82, 2.24) is 0 Å². The van der Waals surface area contributed by atoms with Gasteiger partial charge < -0.3 is 5.32 Å². The van der Waals surface area contributed by atoms with E-state index >= 15 is 0 Å². The number of halogens is 4. The highest BCUT2D eigenvalue weighted by Crippen LogP contribution is 2.36. The van der Waals surface area contributed by atoms with Crippen LogP contribution in [0.2, 0.25) is 0 Å². The molecule has 21 heavy (non-hydrogen) atoms. The second kappa shape index (κ2) is 6.10. The number of aryl methyl sites for hydroxylation is 2. The van der Waals surface area contributed by atoms with Crippen molar-refractivity contribution in [2.45, 2.75) is 26.6 Å². The molecule has 0 bridgehead atoms. The first-order chi connectivity index (χ1) is 9.77. The molecule has 0 saturated heterocycles. The number of hydrogen-bond acceptors (Lipinski definition) is 1. The number of alkyl halides is 3. The topological polar surface area (TPSA) is 12.0 Å². The van der Waals surface area contributed by atoms with Gasteiger partial charge in [-0.05, 0) is 48.7 Å². The van der Waals surface area contributed by atoms with Crippen molar-refractivity contribution in [2.24, 2.45) is 0 Å². The minimum atomic E-state index is -4.36. The van der Waals surface area contributed by atoms with Crippen LogP contribution in [0.15, 0.2) is 40.9 Å². The monoisotopic (exact) mass is 357 g/mol. The van der Waals surface area contributed by atoms with E-state index in [4.69, 9.17) is 0 Å². The molecule has 0 aromatic heterocycles. The number of nitrogens with one attached hydrogen (secondary N) is 1. The van der Waals surface area contributed by atoms with Crippen LogP contribution < -0.4 is 5.32 Å². The molecule has 2 rings (SSSR count). The van der Waals surface area contributed by atoms with Gasteiger partial charge in [0, 0.05) is 16.7 Å². The first-order valence-corrected chi connectivity index (χ1v) is 7.23. The third-order valence-corrected chi connectivity index (χ3v) is 4.03. The van der Waals surface area contributed by atoms with Crippen LogP contribution in [0.5, 0.6) is 0 Å². The second-order valence-electron chi connectivity index (χ2n) is 4.96. The van der Waals surface area contributed by atoms with Gasteiger partial charge in [0.05, 0.1) is 5.56 Å². The first-order valence-electron chi connectivity index (χ1n) is 6.44. The van der Waals surface area contributed by atoms with Gasteiger partial charge in [-0.2, -0.15) is 13.2 Å². The third-order valence-electron chi connectivity index (χ3n) is 3.34. The fourth-order valence-electron chi connectivity index (χ4n) is 1.97. The molecule has 0 aliphatic rings. The molecule has 0 fully saturated rings. The first kappa shape index (κ1) is 15.9. The van der Waals surface area contributed by atoms with E-state index in [1.807, 2.05) is 32.0 Å². The summed E-state index contributed by atoms with van der Waals surface area (Å²) < 4.78 is 38.5. The lowest BCUT2D eigenvalue weighted by Gasteiger charge is -2.13. The van der Waals surface area contributed by atoms with E-state index in [2.05, 4.69) is 21.2 Å². The molecule has 2 aromatic rings. The van der Waals surface area contributed by atoms with Gasteiger partial charge in [0.2, 0.25) is 0 Å². The van der Waals surface area contributed by atoms with Crippen LogP contribution in [0.4, 0.5) is 18.9 Å². The lowest BCUT2D eigenvalue weighted by atomic mass is 10.1. The lowest BCUT2D eigenvalue weighted by Crippen LogP contribution is -2.07. The van der Waals surface area contributed by atoms with Crippen molar-refractivity contribution in [3.05, 3.63) is 63.1 Å². The van der Waals surface area contributed by atoms with Crippen molar-refractivity contribution >= 4 is 21.6 Å². The summed E-state index contributed by atoms with van der Waals surface area (Å²) in [5.41, 5.74) is 3.17. The number of anilines is 1. The normalized spacial score (nSPS) is 11.5. The van der Waals surface area contributed by atoms with Gasteiger partial charge in [0.1, 0.15) is 0 Å². The average molecular weight is 358 g/mol. The van der Waals surface area contributed by atoms with Gasteiger partial charge in [-0.1, -0.05) is 34.1 Å². The Morgan fingerprint density at radius 2 is 1.71 bits per heavy atom. The van der Waals surface area contributed by atoms with E-state index in [-0.39, 0.29) is 4.47 Å². The van der Waals surface area contributed by atoms with Crippen molar-refractivity contribution in [3.8, 4) is 0 Å². The summed E-state index contributed by atoms with van der Waals surface area (Å²) in [5, 5.41) is 3.03. The Morgan fingerprint density at radius 1 is 1.00 bits per heavy atom. The summed E-state index contributed by atoms with van der Waals surface area (Å²) in [6.45, 7) is 4.52. The minimum Gasteiger partial charge on any atom is -0.381 e. The Kier molecular flexibility index (Phi) is 4.61. The van der Waals surface area contributed by atoms with Gasteiger partial charge in [-0.3, -0.25) is 0 Å². The Hall–Kier alpha value is -1.49. The zero-order valence-corrected chi connectivity index (χ0v) is 13.3. The Balaban J connectivity index is 2.15. The van der Waals surface area contributed by atoms with E-state index < -0.39 is 11.7 Å². The summed E-state index contributed by atoms with van der Waals surface area (Å²) >= 11 is 2.93. The fourth-order valence-corrected chi connectivity index (χ4v) is 2.44. The lowest BCUT2D eigenvalue weighted by molar-refractivity contribution is -0.138. The Morgan fingerprint density at radius 3 is 2.33 bits per heavy atom. The zero-order valence-electron chi connectivity index (χ0n) is 11.7. The van der Waals surface area contributed by atoms with Crippen LogP contribution in [0, 0.1) is 13.8 Å². The van der Waals surface area contributed by atoms with Crippen molar-refractivity contribution < 1.29 is 13.2 Å². The molecule has 0 radical (unpaired) electrons. The summed E-state index contributed by atoms with van der Waals surface area (Å²) in [7, 11) is 0. The average Bonchev–Trinajstić information content (AvgIpc) is 2.40. The van der Waals surface area contributed by atoms with Gasteiger partial charge >= 0.3 is 6.18 Å². The maximum Gasteiger partial charge on any atom is 0.417 e. The Bertz CT molecular complexity index is 650. The molecule has 1 nitrogen and oxygen atoms in total. The molecule has 0 aliphatic carbocycles. The molecule has 112 valence electrons. The van der Waals surface area contributed by atoms with Crippen LogP contribution >= 0.6 is 15.9 Å². The summed E-state index contributed by atoms with van der Waals surface area (Å²) in [5.74, 6) is 0. The molecule has 5 heteroatoms. The molecule has 1 N–H and O–H groups in total. The minimum absolute atomic E-state index is 0.0479. The zero-order chi connectivity index (χ0) is 15.6. The number of rotatable bonds is 3. The molecule has 0 unspecified atom stereocenters. The largest absolute Gasteiger partial charge is 0.417 e. The third kappa shape index (κ3) is 4.00. The highest BCUT2D eigenvalue weighted by Gasteiger charge is 2.33. The number of benzene rings is 2. The summed E-state index contributed by atoms with van der Waals surface area (Å²) in [6, 6.07) is 10.2. The highest BCUT2D eigenvalue weighted by atomic mass is 79.9. The van der Waals surface area contributed by atoms with Crippen LogP contribution in [-0.4, -0.2) is 0 Å². The molecule has 0 heterocycles. The van der Waals surface area contributed by atoms with Crippen LogP contribution in [0.25, 0.3) is 0 Å². The summed E-state index contributed by atoms with van der Waals surface area (Å²) in [4.78, 5) is 0. The Labute approximate surface area is 130 Å². The SMILES string of the molecule is Cc1ccc(CNc2ccc(Br)c(C(F)(F)F)c2)cc1C. The predicted molar refractivity (Wildman–Crippen MR) is 82.4 cm³/mol. The second-order valence-corrected chi connectivity index (χ2v) is 5.82. The van der Waals surface area contributed by atoms with E-state index in [0.717, 1.165) is 11.6 Å². The predicted octanol–water partition coefficient (Wildman–Crippen LogP) is 5.70. The summed E-state index contributed by atoms with van der Waals surface area (Å²) in [6.07, 6.45) is -4.36. The van der Waals surface area contributed by atoms with Gasteiger partial charge in [-0.25, -0.2) is 0 Å². The fraction of sp³-hybridized carbons (Fsp3) is 0.250. The molecule has 0 amide bonds. The molecule has 2 aromatic carbocycles. The van der Waals surface area contributed by atoms with Crippen molar-refractivity contribution in [1.29, 1.82) is 0 Å². The van der Waals surface area contributed by atoms with Crippen molar-refractivity contribution in [2.75, 3.05) is 5.32 Å².